The Morgan fingerprint density at radius 3 is 2.50 bits per heavy atom. The highest BCUT2D eigenvalue weighted by atomic mass is 19.1. The fraction of sp³-hybridized carbons (Fsp3) is 0.0909. The van der Waals surface area contributed by atoms with Gasteiger partial charge in [-0.25, -0.2) is 9.37 Å². The standard InChI is InChI=1S/C11H10FN3O/c1-6-9(15-11(14-6)10(13)16)7-2-4-8(12)5-3-7/h2-5H,1H3,(H2,13,16)(H,14,15). The normalized spacial score (nSPS) is 10.4. The number of aryl methyl sites for hydroxylation is 1. The van der Waals surface area contributed by atoms with Crippen LogP contribution in [0.25, 0.3) is 11.3 Å². The van der Waals surface area contributed by atoms with Crippen LogP contribution in [0.2, 0.25) is 0 Å². The number of nitrogens with two attached hydrogens (primary N) is 1. The van der Waals surface area contributed by atoms with Crippen LogP contribution >= 0.6 is 0 Å². The SMILES string of the molecule is Cc1[nH]c(C(N)=O)nc1-c1ccc(F)cc1. The number of rotatable bonds is 2. The molecule has 0 fully saturated rings. The third-order valence-electron chi connectivity index (χ3n) is 2.24. The lowest BCUT2D eigenvalue weighted by Crippen LogP contribution is -2.12. The second-order valence-corrected chi connectivity index (χ2v) is 3.43. The van der Waals surface area contributed by atoms with Crippen LogP contribution in [0.15, 0.2) is 24.3 Å². The molecule has 0 aliphatic rings. The lowest BCUT2D eigenvalue weighted by Gasteiger charge is -1.97. The van der Waals surface area contributed by atoms with Crippen molar-refractivity contribution in [3.63, 3.8) is 0 Å². The molecule has 2 rings (SSSR count). The Bertz CT molecular complexity index is 531. The minimum Gasteiger partial charge on any atom is -0.363 e. The van der Waals surface area contributed by atoms with E-state index in [0.29, 0.717) is 5.69 Å². The number of hydrogen-bond acceptors (Lipinski definition) is 2. The Kier molecular flexibility index (Phi) is 2.44. The van der Waals surface area contributed by atoms with Gasteiger partial charge in [0.2, 0.25) is 0 Å². The number of primary amides is 1. The van der Waals surface area contributed by atoms with Crippen molar-refractivity contribution in [2.75, 3.05) is 0 Å². The van der Waals surface area contributed by atoms with Crippen LogP contribution < -0.4 is 5.73 Å². The number of hydrogen-bond donors (Lipinski definition) is 2. The molecule has 0 atom stereocenters. The van der Waals surface area contributed by atoms with Crippen molar-refractivity contribution in [1.82, 2.24) is 9.97 Å². The first-order valence-electron chi connectivity index (χ1n) is 4.70. The summed E-state index contributed by atoms with van der Waals surface area (Å²) in [5.74, 6) is -0.819. The number of halogens is 1. The van der Waals surface area contributed by atoms with Crippen molar-refractivity contribution in [3.05, 3.63) is 41.6 Å². The molecule has 1 amide bonds. The molecule has 0 saturated carbocycles. The van der Waals surface area contributed by atoms with Crippen molar-refractivity contribution in [2.45, 2.75) is 6.92 Å². The first kappa shape index (κ1) is 10.4. The van der Waals surface area contributed by atoms with E-state index in [1.54, 1.807) is 19.1 Å². The summed E-state index contributed by atoms with van der Waals surface area (Å²) in [5, 5.41) is 0. The molecule has 5 heteroatoms. The Morgan fingerprint density at radius 1 is 1.38 bits per heavy atom. The highest BCUT2D eigenvalue weighted by molar-refractivity contribution is 5.90. The summed E-state index contributed by atoms with van der Waals surface area (Å²) in [6.45, 7) is 1.78. The molecular weight excluding hydrogens is 209 g/mol. The van der Waals surface area contributed by atoms with Crippen LogP contribution in [0.5, 0.6) is 0 Å². The quantitative estimate of drug-likeness (QED) is 0.805. The van der Waals surface area contributed by atoms with Gasteiger partial charge in [-0.05, 0) is 31.2 Å². The van der Waals surface area contributed by atoms with Crippen molar-refractivity contribution in [2.24, 2.45) is 5.73 Å². The van der Waals surface area contributed by atoms with Crippen LogP contribution in [0.3, 0.4) is 0 Å². The summed E-state index contributed by atoms with van der Waals surface area (Å²) < 4.78 is 12.7. The predicted molar refractivity (Wildman–Crippen MR) is 57.2 cm³/mol. The van der Waals surface area contributed by atoms with Gasteiger partial charge in [-0.2, -0.15) is 0 Å². The zero-order valence-corrected chi connectivity index (χ0v) is 8.62. The van der Waals surface area contributed by atoms with E-state index in [1.807, 2.05) is 0 Å². The van der Waals surface area contributed by atoms with E-state index in [1.165, 1.54) is 12.1 Å². The van der Waals surface area contributed by atoms with E-state index >= 15 is 0 Å². The average molecular weight is 219 g/mol. The van der Waals surface area contributed by atoms with Gasteiger partial charge in [-0.1, -0.05) is 0 Å². The molecule has 0 saturated heterocycles. The van der Waals surface area contributed by atoms with E-state index < -0.39 is 5.91 Å². The summed E-state index contributed by atoms with van der Waals surface area (Å²) in [7, 11) is 0. The summed E-state index contributed by atoms with van der Waals surface area (Å²) in [6.07, 6.45) is 0. The van der Waals surface area contributed by atoms with Crippen LogP contribution in [0, 0.1) is 12.7 Å². The molecule has 1 aromatic heterocycles. The molecule has 0 bridgehead atoms. The summed E-state index contributed by atoms with van der Waals surface area (Å²) >= 11 is 0. The van der Waals surface area contributed by atoms with Gasteiger partial charge in [-0.15, -0.1) is 0 Å². The molecule has 0 aliphatic carbocycles. The number of aromatic amines is 1. The monoisotopic (exact) mass is 219 g/mol. The van der Waals surface area contributed by atoms with Gasteiger partial charge in [0.05, 0.1) is 5.69 Å². The Morgan fingerprint density at radius 2 is 2.00 bits per heavy atom. The summed E-state index contributed by atoms with van der Waals surface area (Å²) in [6, 6.07) is 5.88. The molecule has 82 valence electrons. The first-order valence-corrected chi connectivity index (χ1v) is 4.70. The molecule has 0 aliphatic heterocycles. The number of nitrogens with one attached hydrogen (secondary N) is 1. The minimum atomic E-state index is -0.614. The molecule has 4 nitrogen and oxygen atoms in total. The van der Waals surface area contributed by atoms with E-state index in [-0.39, 0.29) is 11.6 Å². The van der Waals surface area contributed by atoms with Crippen LogP contribution in [0.1, 0.15) is 16.3 Å². The molecular formula is C11H10FN3O. The fourth-order valence-electron chi connectivity index (χ4n) is 1.47. The number of carbonyl (C=O) groups is 1. The lowest BCUT2D eigenvalue weighted by atomic mass is 10.1. The zero-order chi connectivity index (χ0) is 11.7. The number of aromatic nitrogens is 2. The molecule has 3 N–H and O–H groups in total. The number of carbonyl (C=O) groups excluding carboxylic acids is 1. The van der Waals surface area contributed by atoms with Gasteiger partial charge in [0.25, 0.3) is 5.91 Å². The van der Waals surface area contributed by atoms with Gasteiger partial charge in [-0.3, -0.25) is 4.79 Å². The van der Waals surface area contributed by atoms with Gasteiger partial charge in [0, 0.05) is 11.3 Å². The molecule has 1 heterocycles. The first-order chi connectivity index (χ1) is 7.58. The maximum absolute atomic E-state index is 12.7. The molecule has 2 aromatic rings. The third-order valence-corrected chi connectivity index (χ3v) is 2.24. The van der Waals surface area contributed by atoms with E-state index in [2.05, 4.69) is 9.97 Å². The zero-order valence-electron chi connectivity index (χ0n) is 8.62. The third kappa shape index (κ3) is 1.79. The van der Waals surface area contributed by atoms with Crippen molar-refractivity contribution >= 4 is 5.91 Å². The number of amides is 1. The predicted octanol–water partition coefficient (Wildman–Crippen LogP) is 1.62. The maximum Gasteiger partial charge on any atom is 0.284 e. The average Bonchev–Trinajstić information content (AvgIpc) is 2.62. The van der Waals surface area contributed by atoms with E-state index in [4.69, 9.17) is 5.73 Å². The second-order valence-electron chi connectivity index (χ2n) is 3.43. The molecule has 0 radical (unpaired) electrons. The lowest BCUT2D eigenvalue weighted by molar-refractivity contribution is 0.0991. The van der Waals surface area contributed by atoms with E-state index in [0.717, 1.165) is 11.3 Å². The van der Waals surface area contributed by atoms with Crippen LogP contribution in [0.4, 0.5) is 4.39 Å². The molecule has 16 heavy (non-hydrogen) atoms. The Balaban J connectivity index is 2.47. The smallest absolute Gasteiger partial charge is 0.284 e. The van der Waals surface area contributed by atoms with Crippen molar-refractivity contribution in [3.8, 4) is 11.3 Å². The number of nitrogens with zero attached hydrogens (tertiary/aromatic N) is 1. The van der Waals surface area contributed by atoms with Gasteiger partial charge < -0.3 is 10.7 Å². The molecule has 1 aromatic carbocycles. The number of imidazole rings is 1. The summed E-state index contributed by atoms with van der Waals surface area (Å²) in [4.78, 5) is 17.8. The van der Waals surface area contributed by atoms with Crippen molar-refractivity contribution < 1.29 is 9.18 Å². The fourth-order valence-corrected chi connectivity index (χ4v) is 1.47. The molecule has 0 unspecified atom stereocenters. The highest BCUT2D eigenvalue weighted by Gasteiger charge is 2.11. The Hall–Kier alpha value is -2.17. The minimum absolute atomic E-state index is 0.108. The van der Waals surface area contributed by atoms with Crippen molar-refractivity contribution in [1.29, 1.82) is 0 Å². The maximum atomic E-state index is 12.7. The van der Waals surface area contributed by atoms with Gasteiger partial charge >= 0.3 is 0 Å². The molecule has 0 spiro atoms. The van der Waals surface area contributed by atoms with Gasteiger partial charge in [0.15, 0.2) is 5.82 Å². The highest BCUT2D eigenvalue weighted by Crippen LogP contribution is 2.21. The van der Waals surface area contributed by atoms with Crippen LogP contribution in [-0.4, -0.2) is 15.9 Å². The van der Waals surface area contributed by atoms with Crippen LogP contribution in [-0.2, 0) is 0 Å². The van der Waals surface area contributed by atoms with Gasteiger partial charge in [0.1, 0.15) is 5.82 Å². The number of H-pyrrole nitrogens is 1. The largest absolute Gasteiger partial charge is 0.363 e. The number of benzene rings is 1. The summed E-state index contributed by atoms with van der Waals surface area (Å²) in [5.41, 5.74) is 7.17. The van der Waals surface area contributed by atoms with E-state index in [9.17, 15) is 9.18 Å². The second kappa shape index (κ2) is 3.77. The Labute approximate surface area is 91.3 Å². The topological polar surface area (TPSA) is 71.8 Å².